The summed E-state index contributed by atoms with van der Waals surface area (Å²) >= 11 is 0. The summed E-state index contributed by atoms with van der Waals surface area (Å²) in [5.74, 6) is -0.860. The molecule has 1 unspecified atom stereocenters. The number of unbranched alkanes of at least 4 members (excludes halogenated alkanes) is 46. The molecule has 414 valence electrons. The van der Waals surface area contributed by atoms with Crippen LogP contribution in [0.15, 0.2) is 12.2 Å². The van der Waals surface area contributed by atoms with Crippen LogP contribution in [0.25, 0.3) is 0 Å². The van der Waals surface area contributed by atoms with Crippen molar-refractivity contribution in [2.45, 2.75) is 367 Å². The highest BCUT2D eigenvalue weighted by molar-refractivity contribution is 5.71. The number of allylic oxidation sites excluding steroid dienone is 2. The molecular formula is C64H122O6. The molecular weight excluding hydrogens is 865 g/mol. The molecule has 70 heavy (non-hydrogen) atoms. The number of carbonyl (C=O) groups is 3. The summed E-state index contributed by atoms with van der Waals surface area (Å²) in [6.45, 7) is 6.63. The number of esters is 3. The molecule has 6 heteroatoms. The summed E-state index contributed by atoms with van der Waals surface area (Å²) < 4.78 is 16.8. The van der Waals surface area contributed by atoms with Crippen LogP contribution >= 0.6 is 0 Å². The van der Waals surface area contributed by atoms with Crippen molar-refractivity contribution in [2.75, 3.05) is 13.2 Å². The first kappa shape index (κ1) is 68.2. The maximum absolute atomic E-state index is 12.8. The predicted octanol–water partition coefficient (Wildman–Crippen LogP) is 21.3. The quantitative estimate of drug-likeness (QED) is 0.0261. The third-order valence-electron chi connectivity index (χ3n) is 14.5. The molecule has 6 nitrogen and oxygen atoms in total. The summed E-state index contributed by atoms with van der Waals surface area (Å²) in [6.07, 6.45) is 69.8. The van der Waals surface area contributed by atoms with Crippen molar-refractivity contribution in [1.29, 1.82) is 0 Å². The Kier molecular flexibility index (Phi) is 58.1. The van der Waals surface area contributed by atoms with E-state index in [1.807, 2.05) is 0 Å². The van der Waals surface area contributed by atoms with Gasteiger partial charge >= 0.3 is 17.9 Å². The molecule has 0 aromatic carbocycles. The lowest BCUT2D eigenvalue weighted by molar-refractivity contribution is -0.167. The van der Waals surface area contributed by atoms with Crippen molar-refractivity contribution in [3.63, 3.8) is 0 Å². The van der Waals surface area contributed by atoms with Crippen molar-refractivity contribution in [1.82, 2.24) is 0 Å². The lowest BCUT2D eigenvalue weighted by atomic mass is 10.0. The third-order valence-corrected chi connectivity index (χ3v) is 14.5. The zero-order valence-corrected chi connectivity index (χ0v) is 47.6. The average Bonchev–Trinajstić information content (AvgIpc) is 3.36. The van der Waals surface area contributed by atoms with Crippen molar-refractivity contribution in [3.05, 3.63) is 12.2 Å². The molecule has 1 atom stereocenters. The Morgan fingerprint density at radius 3 is 0.757 bits per heavy atom. The van der Waals surface area contributed by atoms with Crippen molar-refractivity contribution < 1.29 is 28.6 Å². The van der Waals surface area contributed by atoms with Gasteiger partial charge in [0.15, 0.2) is 6.10 Å². The van der Waals surface area contributed by atoms with Gasteiger partial charge < -0.3 is 14.2 Å². The molecule has 0 aromatic heterocycles. The fourth-order valence-electron chi connectivity index (χ4n) is 9.72. The van der Waals surface area contributed by atoms with Gasteiger partial charge in [-0.1, -0.05) is 315 Å². The highest BCUT2D eigenvalue weighted by atomic mass is 16.6. The summed E-state index contributed by atoms with van der Waals surface area (Å²) in [5, 5.41) is 0. The van der Waals surface area contributed by atoms with E-state index in [1.165, 1.54) is 257 Å². The lowest BCUT2D eigenvalue weighted by Gasteiger charge is -2.18. The maximum Gasteiger partial charge on any atom is 0.306 e. The Morgan fingerprint density at radius 1 is 0.271 bits per heavy atom. The van der Waals surface area contributed by atoms with E-state index in [2.05, 4.69) is 32.9 Å². The van der Waals surface area contributed by atoms with Crippen LogP contribution in [-0.4, -0.2) is 37.2 Å². The van der Waals surface area contributed by atoms with Crippen LogP contribution in [0, 0.1) is 0 Å². The monoisotopic (exact) mass is 987 g/mol. The van der Waals surface area contributed by atoms with E-state index in [0.29, 0.717) is 19.3 Å². The van der Waals surface area contributed by atoms with Gasteiger partial charge in [0.05, 0.1) is 0 Å². The number of hydrogen-bond acceptors (Lipinski definition) is 6. The Hall–Kier alpha value is -1.85. The molecule has 0 heterocycles. The molecule has 0 aliphatic carbocycles. The molecule has 0 amide bonds. The van der Waals surface area contributed by atoms with E-state index in [1.54, 1.807) is 0 Å². The molecule has 0 bridgehead atoms. The van der Waals surface area contributed by atoms with Gasteiger partial charge in [-0.05, 0) is 38.5 Å². The molecule has 0 aliphatic rings. The smallest absolute Gasteiger partial charge is 0.306 e. The Labute approximate surface area is 437 Å². The second kappa shape index (κ2) is 59.7. The van der Waals surface area contributed by atoms with Crippen LogP contribution < -0.4 is 0 Å². The van der Waals surface area contributed by atoms with Gasteiger partial charge in [-0.3, -0.25) is 14.4 Å². The van der Waals surface area contributed by atoms with Crippen LogP contribution in [0.1, 0.15) is 361 Å². The average molecular weight is 988 g/mol. The van der Waals surface area contributed by atoms with E-state index in [9.17, 15) is 14.4 Å². The fourth-order valence-corrected chi connectivity index (χ4v) is 9.72. The molecule has 0 saturated heterocycles. The minimum Gasteiger partial charge on any atom is -0.462 e. The Bertz CT molecular complexity index is 1090. The van der Waals surface area contributed by atoms with Crippen LogP contribution in [-0.2, 0) is 28.6 Å². The van der Waals surface area contributed by atoms with E-state index in [0.717, 1.165) is 64.2 Å². The molecule has 0 N–H and O–H groups in total. The highest BCUT2D eigenvalue weighted by Gasteiger charge is 2.19. The fraction of sp³-hybridized carbons (Fsp3) is 0.922. The predicted molar refractivity (Wildman–Crippen MR) is 303 cm³/mol. The van der Waals surface area contributed by atoms with Crippen molar-refractivity contribution in [2.24, 2.45) is 0 Å². The van der Waals surface area contributed by atoms with E-state index >= 15 is 0 Å². The summed E-state index contributed by atoms with van der Waals surface area (Å²) in [4.78, 5) is 38.0. The zero-order valence-electron chi connectivity index (χ0n) is 47.6. The Morgan fingerprint density at radius 2 is 0.486 bits per heavy atom. The minimum absolute atomic E-state index is 0.0682. The number of rotatable bonds is 59. The molecule has 0 rings (SSSR count). The molecule has 0 aliphatic heterocycles. The van der Waals surface area contributed by atoms with E-state index in [4.69, 9.17) is 14.2 Å². The first-order valence-electron chi connectivity index (χ1n) is 31.7. The van der Waals surface area contributed by atoms with Crippen molar-refractivity contribution in [3.8, 4) is 0 Å². The molecule has 0 spiro atoms. The SMILES string of the molecule is CCCC/C=C\CCCCCCCC(=O)OC(COC(=O)CCCCCCCCCCC)COC(=O)CCCCCCCCCCCCCCCCCCCCCCCCCCCCCCCCCC. The minimum atomic E-state index is -0.767. The number of carbonyl (C=O) groups excluding carboxylic acids is 3. The molecule has 0 fully saturated rings. The highest BCUT2D eigenvalue weighted by Crippen LogP contribution is 2.18. The van der Waals surface area contributed by atoms with Gasteiger partial charge in [0.1, 0.15) is 13.2 Å². The van der Waals surface area contributed by atoms with Gasteiger partial charge in [-0.2, -0.15) is 0 Å². The first-order chi connectivity index (χ1) is 34.5. The van der Waals surface area contributed by atoms with Crippen LogP contribution in [0.3, 0.4) is 0 Å². The van der Waals surface area contributed by atoms with E-state index < -0.39 is 6.10 Å². The lowest BCUT2D eigenvalue weighted by Crippen LogP contribution is -2.30. The summed E-state index contributed by atoms with van der Waals surface area (Å²) in [5.41, 5.74) is 0. The largest absolute Gasteiger partial charge is 0.462 e. The van der Waals surface area contributed by atoms with Gasteiger partial charge in [0.2, 0.25) is 0 Å². The summed E-state index contributed by atoms with van der Waals surface area (Å²) in [7, 11) is 0. The number of ether oxygens (including phenoxy) is 3. The second-order valence-corrected chi connectivity index (χ2v) is 21.7. The van der Waals surface area contributed by atoms with Gasteiger partial charge in [0.25, 0.3) is 0 Å². The standard InChI is InChI=1S/C64H122O6/c1-4-7-10-13-16-19-21-22-23-24-25-26-27-28-29-30-31-32-33-34-35-36-37-38-39-40-41-43-45-48-51-54-57-63(66)69-60-61(59-68-62(65)56-53-50-47-44-18-15-12-9-6-3)70-64(67)58-55-52-49-46-42-20-17-14-11-8-5-2/h14,17,61H,4-13,15-16,18-60H2,1-3H3/b17-14-. The normalized spacial score (nSPS) is 12.0. The molecule has 0 aromatic rings. The maximum atomic E-state index is 12.8. The second-order valence-electron chi connectivity index (χ2n) is 21.7. The van der Waals surface area contributed by atoms with Gasteiger partial charge in [-0.25, -0.2) is 0 Å². The van der Waals surface area contributed by atoms with Crippen LogP contribution in [0.2, 0.25) is 0 Å². The third kappa shape index (κ3) is 57.1. The molecule has 0 radical (unpaired) electrons. The van der Waals surface area contributed by atoms with Crippen molar-refractivity contribution >= 4 is 17.9 Å². The van der Waals surface area contributed by atoms with Gasteiger partial charge in [0, 0.05) is 19.3 Å². The van der Waals surface area contributed by atoms with Crippen LogP contribution in [0.5, 0.6) is 0 Å². The first-order valence-corrected chi connectivity index (χ1v) is 31.7. The van der Waals surface area contributed by atoms with E-state index in [-0.39, 0.29) is 31.1 Å². The Balaban J connectivity index is 3.92. The number of hydrogen-bond donors (Lipinski definition) is 0. The zero-order chi connectivity index (χ0) is 50.7. The van der Waals surface area contributed by atoms with Crippen LogP contribution in [0.4, 0.5) is 0 Å². The topological polar surface area (TPSA) is 78.9 Å². The van der Waals surface area contributed by atoms with Gasteiger partial charge in [-0.15, -0.1) is 0 Å². The summed E-state index contributed by atoms with van der Waals surface area (Å²) in [6, 6.07) is 0. The molecule has 0 saturated carbocycles.